The number of carbonyl (C=O) groups is 1. The fourth-order valence-electron chi connectivity index (χ4n) is 2.13. The maximum Gasteiger partial charge on any atom is 0.342 e. The maximum absolute atomic E-state index is 11.8. The normalized spacial score (nSPS) is 17.1. The first-order valence-electron chi connectivity index (χ1n) is 6.22. The van der Waals surface area contributed by atoms with E-state index >= 15 is 0 Å². The number of esters is 1. The van der Waals surface area contributed by atoms with E-state index in [-0.39, 0.29) is 23.2 Å². The second-order valence-corrected chi connectivity index (χ2v) is 6.79. The molecule has 2 rings (SSSR count). The van der Waals surface area contributed by atoms with Crippen molar-refractivity contribution in [1.29, 1.82) is 0 Å². The average molecular weight is 323 g/mol. The zero-order chi connectivity index (χ0) is 14.8. The summed E-state index contributed by atoms with van der Waals surface area (Å²) in [6.07, 6.45) is 2.41. The third kappa shape index (κ3) is 3.13. The predicted molar refractivity (Wildman–Crippen MR) is 70.3 cm³/mol. The van der Waals surface area contributed by atoms with Crippen molar-refractivity contribution in [3.8, 4) is 0 Å². The van der Waals surface area contributed by atoms with E-state index in [1.807, 2.05) is 0 Å². The lowest BCUT2D eigenvalue weighted by atomic mass is 10.1. The first-order chi connectivity index (χ1) is 9.45. The maximum atomic E-state index is 11.8. The van der Waals surface area contributed by atoms with Gasteiger partial charge in [-0.3, -0.25) is 0 Å². The molecule has 1 aliphatic rings. The summed E-state index contributed by atoms with van der Waals surface area (Å²) in [4.78, 5) is 11.8. The van der Waals surface area contributed by atoms with E-state index < -0.39 is 15.0 Å². The molecule has 0 spiro atoms. The van der Waals surface area contributed by atoms with E-state index in [1.165, 1.54) is 10.9 Å². The molecule has 1 saturated heterocycles. The molecule has 9 heteroatoms. The van der Waals surface area contributed by atoms with Crippen LogP contribution < -0.4 is 0 Å². The summed E-state index contributed by atoms with van der Waals surface area (Å²) >= 11 is 0. The van der Waals surface area contributed by atoms with E-state index in [0.717, 1.165) is 0 Å². The number of rotatable bonds is 4. The van der Waals surface area contributed by atoms with Crippen molar-refractivity contribution in [2.45, 2.75) is 30.8 Å². The van der Waals surface area contributed by atoms with Gasteiger partial charge in [0.2, 0.25) is 0 Å². The van der Waals surface area contributed by atoms with Gasteiger partial charge in [-0.2, -0.15) is 5.10 Å². The summed E-state index contributed by atoms with van der Waals surface area (Å²) in [5.74, 6) is -0.745. The van der Waals surface area contributed by atoms with E-state index in [1.54, 1.807) is 6.92 Å². The standard InChI is InChI=1S/C11H15ClN2O5S/c1-2-19-11(15)9-7-13-14(10(9)20(12,16)17)8-3-5-18-6-4-8/h7-8H,2-6H2,1H3. The van der Waals surface area contributed by atoms with Gasteiger partial charge in [-0.05, 0) is 19.8 Å². The largest absolute Gasteiger partial charge is 0.462 e. The van der Waals surface area contributed by atoms with Gasteiger partial charge in [-0.25, -0.2) is 17.9 Å². The smallest absolute Gasteiger partial charge is 0.342 e. The summed E-state index contributed by atoms with van der Waals surface area (Å²) in [5.41, 5.74) is -0.131. The number of aromatic nitrogens is 2. The van der Waals surface area contributed by atoms with Crippen LogP contribution in [0.5, 0.6) is 0 Å². The van der Waals surface area contributed by atoms with Crippen molar-refractivity contribution >= 4 is 25.7 Å². The Morgan fingerprint density at radius 1 is 1.55 bits per heavy atom. The first kappa shape index (κ1) is 15.3. The molecule has 0 amide bonds. The monoisotopic (exact) mass is 322 g/mol. The zero-order valence-corrected chi connectivity index (χ0v) is 12.5. The van der Waals surface area contributed by atoms with Crippen LogP contribution in [-0.2, 0) is 18.5 Å². The molecular formula is C11H15ClN2O5S. The number of ether oxygens (including phenoxy) is 2. The summed E-state index contributed by atoms with van der Waals surface area (Å²) in [6, 6.07) is -0.157. The molecule has 0 radical (unpaired) electrons. The summed E-state index contributed by atoms with van der Waals surface area (Å²) in [5, 5.41) is 3.70. The number of nitrogens with zero attached hydrogens (tertiary/aromatic N) is 2. The van der Waals surface area contributed by atoms with Crippen LogP contribution in [0.1, 0.15) is 36.2 Å². The molecule has 112 valence electrons. The van der Waals surface area contributed by atoms with Crippen molar-refractivity contribution in [2.75, 3.05) is 19.8 Å². The van der Waals surface area contributed by atoms with Crippen LogP contribution in [0.2, 0.25) is 0 Å². The molecule has 1 aromatic heterocycles. The molecular weight excluding hydrogens is 308 g/mol. The minimum absolute atomic E-state index is 0.131. The molecule has 0 N–H and O–H groups in total. The van der Waals surface area contributed by atoms with E-state index in [2.05, 4.69) is 5.10 Å². The molecule has 2 heterocycles. The number of carbonyl (C=O) groups excluding carboxylic acids is 1. The highest BCUT2D eigenvalue weighted by atomic mass is 35.7. The molecule has 0 saturated carbocycles. The predicted octanol–water partition coefficient (Wildman–Crippen LogP) is 1.34. The highest BCUT2D eigenvalue weighted by molar-refractivity contribution is 8.13. The summed E-state index contributed by atoms with van der Waals surface area (Å²) in [6.45, 7) is 2.81. The van der Waals surface area contributed by atoms with Crippen LogP contribution >= 0.6 is 10.7 Å². The van der Waals surface area contributed by atoms with Gasteiger partial charge in [0, 0.05) is 23.9 Å². The van der Waals surface area contributed by atoms with Gasteiger partial charge in [-0.1, -0.05) is 0 Å². The fourth-order valence-corrected chi connectivity index (χ4v) is 3.41. The molecule has 0 atom stereocenters. The zero-order valence-electron chi connectivity index (χ0n) is 10.9. The van der Waals surface area contributed by atoms with Gasteiger partial charge in [-0.15, -0.1) is 0 Å². The van der Waals surface area contributed by atoms with Crippen molar-refractivity contribution < 1.29 is 22.7 Å². The first-order valence-corrected chi connectivity index (χ1v) is 8.53. The highest BCUT2D eigenvalue weighted by Crippen LogP contribution is 2.28. The number of halogens is 1. The van der Waals surface area contributed by atoms with Crippen LogP contribution in [-0.4, -0.2) is 44.0 Å². The van der Waals surface area contributed by atoms with Crippen LogP contribution in [0, 0.1) is 0 Å². The lowest BCUT2D eigenvalue weighted by Crippen LogP contribution is -2.23. The van der Waals surface area contributed by atoms with E-state index in [4.69, 9.17) is 20.2 Å². The van der Waals surface area contributed by atoms with Crippen LogP contribution in [0.4, 0.5) is 0 Å². The van der Waals surface area contributed by atoms with Gasteiger partial charge >= 0.3 is 5.97 Å². The molecule has 1 aromatic rings. The molecule has 20 heavy (non-hydrogen) atoms. The second kappa shape index (κ2) is 6.11. The van der Waals surface area contributed by atoms with E-state index in [9.17, 15) is 13.2 Å². The minimum atomic E-state index is -4.10. The Morgan fingerprint density at radius 3 is 2.75 bits per heavy atom. The summed E-state index contributed by atoms with van der Waals surface area (Å²) in [7, 11) is 1.34. The lowest BCUT2D eigenvalue weighted by molar-refractivity contribution is 0.0517. The quantitative estimate of drug-likeness (QED) is 0.614. The Labute approximate surface area is 121 Å². The van der Waals surface area contributed by atoms with Gasteiger partial charge in [0.15, 0.2) is 5.03 Å². The minimum Gasteiger partial charge on any atom is -0.462 e. The molecule has 0 aromatic carbocycles. The van der Waals surface area contributed by atoms with Crippen LogP contribution in [0.25, 0.3) is 0 Å². The van der Waals surface area contributed by atoms with Crippen molar-refractivity contribution in [3.63, 3.8) is 0 Å². The molecule has 7 nitrogen and oxygen atoms in total. The molecule has 0 unspecified atom stereocenters. The van der Waals surface area contributed by atoms with Gasteiger partial charge in [0.1, 0.15) is 5.56 Å². The molecule has 1 aliphatic heterocycles. The Morgan fingerprint density at radius 2 is 2.20 bits per heavy atom. The highest BCUT2D eigenvalue weighted by Gasteiger charge is 2.31. The third-order valence-electron chi connectivity index (χ3n) is 3.01. The van der Waals surface area contributed by atoms with Crippen LogP contribution in [0.15, 0.2) is 11.2 Å². The second-order valence-electron chi connectivity index (χ2n) is 4.31. The van der Waals surface area contributed by atoms with Crippen LogP contribution in [0.3, 0.4) is 0 Å². The Bertz CT molecular complexity index is 592. The van der Waals surface area contributed by atoms with E-state index in [0.29, 0.717) is 26.1 Å². The summed E-state index contributed by atoms with van der Waals surface area (Å²) < 4.78 is 34.8. The van der Waals surface area contributed by atoms with Gasteiger partial charge in [0.25, 0.3) is 9.05 Å². The Balaban J connectivity index is 2.45. The number of hydrogen-bond donors (Lipinski definition) is 0. The Hall–Kier alpha value is -1.12. The lowest BCUT2D eigenvalue weighted by Gasteiger charge is -2.23. The molecule has 1 fully saturated rings. The van der Waals surface area contributed by atoms with Crippen molar-refractivity contribution in [1.82, 2.24) is 9.78 Å². The average Bonchev–Trinajstić information content (AvgIpc) is 2.84. The SMILES string of the molecule is CCOC(=O)c1cnn(C2CCOCC2)c1S(=O)(=O)Cl. The van der Waals surface area contributed by atoms with Gasteiger partial charge < -0.3 is 9.47 Å². The topological polar surface area (TPSA) is 87.5 Å². The van der Waals surface area contributed by atoms with Crippen molar-refractivity contribution in [2.24, 2.45) is 0 Å². The Kier molecular flexibility index (Phi) is 4.66. The van der Waals surface area contributed by atoms with Crippen molar-refractivity contribution in [3.05, 3.63) is 11.8 Å². The molecule has 0 bridgehead atoms. The molecule has 0 aliphatic carbocycles. The number of hydrogen-bond acceptors (Lipinski definition) is 6. The third-order valence-corrected chi connectivity index (χ3v) is 4.32. The van der Waals surface area contributed by atoms with Gasteiger partial charge in [0.05, 0.1) is 18.8 Å². The fraction of sp³-hybridized carbons (Fsp3) is 0.636.